The second-order valence-corrected chi connectivity index (χ2v) is 4.23. The predicted octanol–water partition coefficient (Wildman–Crippen LogP) is 1.46. The molecule has 0 saturated carbocycles. The van der Waals surface area contributed by atoms with Crippen LogP contribution < -0.4 is 5.73 Å². The lowest BCUT2D eigenvalue weighted by atomic mass is 10.0. The molecule has 1 aromatic rings. The van der Waals surface area contributed by atoms with E-state index in [9.17, 15) is 5.11 Å². The fourth-order valence-corrected chi connectivity index (χ4v) is 1.48. The Hall–Kier alpha value is -0.130. The first-order chi connectivity index (χ1) is 6.56. The zero-order chi connectivity index (χ0) is 10.7. The molecule has 4 N–H and O–H groups in total. The van der Waals surface area contributed by atoms with Crippen molar-refractivity contribution in [3.63, 3.8) is 0 Å². The van der Waals surface area contributed by atoms with Gasteiger partial charge in [0.2, 0.25) is 0 Å². The minimum absolute atomic E-state index is 0.269. The minimum Gasteiger partial charge on any atom is -0.395 e. The van der Waals surface area contributed by atoms with Gasteiger partial charge < -0.3 is 15.9 Å². The van der Waals surface area contributed by atoms with Crippen molar-refractivity contribution >= 4 is 27.5 Å². The summed E-state index contributed by atoms with van der Waals surface area (Å²) < 4.78 is 0.757. The SMILES string of the molecule is NC(CO)C(O)c1ccc(Br)c(Cl)c1. The molecule has 0 amide bonds. The highest BCUT2D eigenvalue weighted by atomic mass is 79.9. The summed E-state index contributed by atoms with van der Waals surface area (Å²) in [4.78, 5) is 0. The molecular weight excluding hydrogens is 269 g/mol. The van der Waals surface area contributed by atoms with Crippen LogP contribution in [0.25, 0.3) is 0 Å². The number of aliphatic hydroxyl groups excluding tert-OH is 2. The maximum atomic E-state index is 9.65. The predicted molar refractivity (Wildman–Crippen MR) is 59.2 cm³/mol. The average Bonchev–Trinajstić information content (AvgIpc) is 2.20. The van der Waals surface area contributed by atoms with Crippen molar-refractivity contribution in [3.8, 4) is 0 Å². The Morgan fingerprint density at radius 1 is 1.50 bits per heavy atom. The molecule has 0 fully saturated rings. The highest BCUT2D eigenvalue weighted by molar-refractivity contribution is 9.10. The summed E-state index contributed by atoms with van der Waals surface area (Å²) in [5, 5.41) is 18.9. The molecule has 2 atom stereocenters. The Bertz CT molecular complexity index is 322. The van der Waals surface area contributed by atoms with Crippen LogP contribution in [0.1, 0.15) is 11.7 Å². The van der Waals surface area contributed by atoms with Gasteiger partial charge in [-0.25, -0.2) is 0 Å². The molecule has 14 heavy (non-hydrogen) atoms. The van der Waals surface area contributed by atoms with E-state index < -0.39 is 12.1 Å². The van der Waals surface area contributed by atoms with Crippen molar-refractivity contribution in [1.82, 2.24) is 0 Å². The van der Waals surface area contributed by atoms with E-state index >= 15 is 0 Å². The normalized spacial score (nSPS) is 15.2. The summed E-state index contributed by atoms with van der Waals surface area (Å²) >= 11 is 9.08. The van der Waals surface area contributed by atoms with Crippen molar-refractivity contribution < 1.29 is 10.2 Å². The second kappa shape index (κ2) is 5.09. The first kappa shape index (κ1) is 11.9. The summed E-state index contributed by atoms with van der Waals surface area (Å²) in [6.07, 6.45) is -0.898. The van der Waals surface area contributed by atoms with Gasteiger partial charge >= 0.3 is 0 Å². The summed E-state index contributed by atoms with van der Waals surface area (Å²) in [6, 6.07) is 4.36. The summed E-state index contributed by atoms with van der Waals surface area (Å²) in [5.41, 5.74) is 6.08. The van der Waals surface area contributed by atoms with E-state index in [1.807, 2.05) is 0 Å². The van der Waals surface area contributed by atoms with Crippen LogP contribution in [0.2, 0.25) is 5.02 Å². The highest BCUT2D eigenvalue weighted by Gasteiger charge is 2.16. The van der Waals surface area contributed by atoms with Crippen molar-refractivity contribution in [1.29, 1.82) is 0 Å². The van der Waals surface area contributed by atoms with E-state index in [1.54, 1.807) is 18.2 Å². The third-order valence-corrected chi connectivity index (χ3v) is 3.13. The number of hydrogen-bond donors (Lipinski definition) is 3. The highest BCUT2D eigenvalue weighted by Crippen LogP contribution is 2.26. The number of benzene rings is 1. The second-order valence-electron chi connectivity index (χ2n) is 2.96. The van der Waals surface area contributed by atoms with Crippen molar-refractivity contribution in [3.05, 3.63) is 33.3 Å². The van der Waals surface area contributed by atoms with E-state index in [0.717, 1.165) is 4.47 Å². The van der Waals surface area contributed by atoms with Gasteiger partial charge in [0.25, 0.3) is 0 Å². The first-order valence-electron chi connectivity index (χ1n) is 4.05. The van der Waals surface area contributed by atoms with Gasteiger partial charge in [-0.2, -0.15) is 0 Å². The van der Waals surface area contributed by atoms with Crippen LogP contribution in [0.15, 0.2) is 22.7 Å². The van der Waals surface area contributed by atoms with E-state index in [0.29, 0.717) is 10.6 Å². The summed E-state index contributed by atoms with van der Waals surface area (Å²) in [6.45, 7) is -0.269. The van der Waals surface area contributed by atoms with Crippen LogP contribution in [0, 0.1) is 0 Å². The Morgan fingerprint density at radius 2 is 2.14 bits per heavy atom. The van der Waals surface area contributed by atoms with Gasteiger partial charge in [0, 0.05) is 4.47 Å². The minimum atomic E-state index is -0.898. The van der Waals surface area contributed by atoms with Gasteiger partial charge in [-0.3, -0.25) is 0 Å². The average molecular weight is 281 g/mol. The van der Waals surface area contributed by atoms with Gasteiger partial charge in [0.15, 0.2) is 0 Å². The van der Waals surface area contributed by atoms with Crippen LogP contribution in [0.5, 0.6) is 0 Å². The number of aliphatic hydroxyl groups is 2. The molecule has 0 aromatic heterocycles. The molecule has 0 heterocycles. The van der Waals surface area contributed by atoms with Gasteiger partial charge in [-0.1, -0.05) is 17.7 Å². The lowest BCUT2D eigenvalue weighted by molar-refractivity contribution is 0.109. The summed E-state index contributed by atoms with van der Waals surface area (Å²) in [7, 11) is 0. The number of nitrogens with two attached hydrogens (primary N) is 1. The van der Waals surface area contributed by atoms with E-state index in [2.05, 4.69) is 15.9 Å². The quantitative estimate of drug-likeness (QED) is 0.785. The Kier molecular flexibility index (Phi) is 4.34. The van der Waals surface area contributed by atoms with Gasteiger partial charge in [-0.05, 0) is 33.6 Å². The van der Waals surface area contributed by atoms with E-state index in [-0.39, 0.29) is 6.61 Å². The van der Waals surface area contributed by atoms with Crippen LogP contribution in [0.4, 0.5) is 0 Å². The number of rotatable bonds is 3. The molecule has 3 nitrogen and oxygen atoms in total. The molecule has 0 radical (unpaired) electrons. The number of hydrogen-bond acceptors (Lipinski definition) is 3. The molecule has 78 valence electrons. The molecule has 1 rings (SSSR count). The zero-order valence-electron chi connectivity index (χ0n) is 7.32. The largest absolute Gasteiger partial charge is 0.395 e. The zero-order valence-corrected chi connectivity index (χ0v) is 9.66. The van der Waals surface area contributed by atoms with Gasteiger partial charge in [0.1, 0.15) is 0 Å². The molecular formula is C9H11BrClNO2. The van der Waals surface area contributed by atoms with Crippen molar-refractivity contribution in [2.75, 3.05) is 6.61 Å². The molecule has 0 bridgehead atoms. The van der Waals surface area contributed by atoms with Gasteiger partial charge in [0.05, 0.1) is 23.8 Å². The Morgan fingerprint density at radius 3 is 2.64 bits per heavy atom. The summed E-state index contributed by atoms with van der Waals surface area (Å²) in [5.74, 6) is 0. The Labute approximate surface area is 95.6 Å². The van der Waals surface area contributed by atoms with Crippen LogP contribution >= 0.6 is 27.5 Å². The van der Waals surface area contributed by atoms with E-state index in [1.165, 1.54) is 0 Å². The lowest BCUT2D eigenvalue weighted by Crippen LogP contribution is -2.31. The molecule has 0 aliphatic heterocycles. The molecule has 0 aliphatic rings. The topological polar surface area (TPSA) is 66.5 Å². The molecule has 0 saturated heterocycles. The van der Waals surface area contributed by atoms with Gasteiger partial charge in [-0.15, -0.1) is 0 Å². The van der Waals surface area contributed by atoms with Crippen LogP contribution in [0.3, 0.4) is 0 Å². The molecule has 2 unspecified atom stereocenters. The van der Waals surface area contributed by atoms with Crippen molar-refractivity contribution in [2.45, 2.75) is 12.1 Å². The lowest BCUT2D eigenvalue weighted by Gasteiger charge is -2.17. The molecule has 1 aromatic carbocycles. The molecule has 0 aliphatic carbocycles. The third kappa shape index (κ3) is 2.68. The maximum absolute atomic E-state index is 9.65. The maximum Gasteiger partial charge on any atom is 0.0963 e. The Balaban J connectivity index is 2.91. The fraction of sp³-hybridized carbons (Fsp3) is 0.333. The van der Waals surface area contributed by atoms with E-state index in [4.69, 9.17) is 22.4 Å². The fourth-order valence-electron chi connectivity index (χ4n) is 1.04. The smallest absolute Gasteiger partial charge is 0.0963 e. The standard InChI is InChI=1S/C9H11BrClNO2/c10-6-2-1-5(3-7(6)11)9(14)8(12)4-13/h1-3,8-9,13-14H,4,12H2. The molecule has 5 heteroatoms. The number of halogens is 2. The molecule has 0 spiro atoms. The monoisotopic (exact) mass is 279 g/mol. The van der Waals surface area contributed by atoms with Crippen LogP contribution in [-0.2, 0) is 0 Å². The first-order valence-corrected chi connectivity index (χ1v) is 5.22. The van der Waals surface area contributed by atoms with Crippen LogP contribution in [-0.4, -0.2) is 22.9 Å². The van der Waals surface area contributed by atoms with Crippen molar-refractivity contribution in [2.24, 2.45) is 5.73 Å². The third-order valence-electron chi connectivity index (χ3n) is 1.90.